The number of urea groups is 1. The van der Waals surface area contributed by atoms with Gasteiger partial charge in [-0.1, -0.05) is 6.42 Å². The van der Waals surface area contributed by atoms with E-state index in [1.165, 1.54) is 0 Å². The van der Waals surface area contributed by atoms with Crippen LogP contribution in [0.4, 0.5) is 4.79 Å². The van der Waals surface area contributed by atoms with Gasteiger partial charge in [-0.3, -0.25) is 4.79 Å². The Balaban J connectivity index is 1.60. The topological polar surface area (TPSA) is 120 Å². The van der Waals surface area contributed by atoms with E-state index in [1.54, 1.807) is 0 Å². The van der Waals surface area contributed by atoms with Crippen molar-refractivity contribution in [2.45, 2.75) is 68.3 Å². The first-order chi connectivity index (χ1) is 12.5. The van der Waals surface area contributed by atoms with Gasteiger partial charge in [0.25, 0.3) is 0 Å². The highest BCUT2D eigenvalue weighted by atomic mass is 32.2. The van der Waals surface area contributed by atoms with Crippen LogP contribution in [0.3, 0.4) is 0 Å². The SMILES string of the molecule is CNCCCC[C@H](NC(=O)CCCC[C@@H]1SCC2NC(=O)NC21)C(=O)O. The second-order valence-electron chi connectivity index (χ2n) is 6.93. The van der Waals surface area contributed by atoms with Crippen molar-refractivity contribution in [2.24, 2.45) is 0 Å². The minimum absolute atomic E-state index is 0.0842. The molecule has 0 aromatic carbocycles. The Morgan fingerprint density at radius 1 is 1.27 bits per heavy atom. The quantitative estimate of drug-likeness (QED) is 0.248. The molecule has 2 saturated heterocycles. The Labute approximate surface area is 158 Å². The third kappa shape index (κ3) is 6.35. The molecule has 4 atom stereocenters. The van der Waals surface area contributed by atoms with Gasteiger partial charge < -0.3 is 26.4 Å². The van der Waals surface area contributed by atoms with Crippen molar-refractivity contribution in [3.8, 4) is 0 Å². The van der Waals surface area contributed by atoms with E-state index in [-0.39, 0.29) is 24.0 Å². The molecule has 148 valence electrons. The standard InChI is InChI=1S/C17H30N4O4S/c1-18-9-5-4-6-11(16(23)24)19-14(22)8-3-2-7-13-15-12(10-26-13)20-17(25)21-15/h11-13,15,18H,2-10H2,1H3,(H,19,22)(H,23,24)(H2,20,21,25)/t11-,12?,13-,15?/m0/s1. The van der Waals surface area contributed by atoms with Gasteiger partial charge in [-0.15, -0.1) is 0 Å². The third-order valence-corrected chi connectivity index (χ3v) is 6.39. The average Bonchev–Trinajstić information content (AvgIpc) is 3.13. The first-order valence-electron chi connectivity index (χ1n) is 9.36. The van der Waals surface area contributed by atoms with Crippen molar-refractivity contribution in [3.05, 3.63) is 0 Å². The first-order valence-corrected chi connectivity index (χ1v) is 10.4. The predicted molar refractivity (Wildman–Crippen MR) is 101 cm³/mol. The van der Waals surface area contributed by atoms with Crippen LogP contribution in [-0.4, -0.2) is 65.7 Å². The summed E-state index contributed by atoms with van der Waals surface area (Å²) in [6, 6.07) is -0.472. The van der Waals surface area contributed by atoms with Gasteiger partial charge >= 0.3 is 12.0 Å². The van der Waals surface area contributed by atoms with Crippen molar-refractivity contribution in [2.75, 3.05) is 19.3 Å². The minimum Gasteiger partial charge on any atom is -0.480 e. The van der Waals surface area contributed by atoms with Crippen molar-refractivity contribution in [1.29, 1.82) is 0 Å². The Hall–Kier alpha value is -1.48. The molecular weight excluding hydrogens is 356 g/mol. The van der Waals surface area contributed by atoms with E-state index < -0.39 is 12.0 Å². The Kier molecular flexibility index (Phi) is 8.50. The molecule has 8 nitrogen and oxygen atoms in total. The zero-order chi connectivity index (χ0) is 18.9. The van der Waals surface area contributed by atoms with Gasteiger partial charge in [0.2, 0.25) is 5.91 Å². The smallest absolute Gasteiger partial charge is 0.326 e. The minimum atomic E-state index is -0.972. The number of nitrogens with one attached hydrogen (secondary N) is 4. The van der Waals surface area contributed by atoms with Crippen LogP contribution in [-0.2, 0) is 9.59 Å². The summed E-state index contributed by atoms with van der Waals surface area (Å²) >= 11 is 1.86. The lowest BCUT2D eigenvalue weighted by Crippen LogP contribution is -2.40. The number of carbonyl (C=O) groups excluding carboxylic acids is 2. The molecule has 0 aromatic heterocycles. The average molecular weight is 387 g/mol. The molecule has 2 rings (SSSR count). The lowest BCUT2D eigenvalue weighted by Gasteiger charge is -2.17. The summed E-state index contributed by atoms with van der Waals surface area (Å²) in [6.45, 7) is 0.845. The van der Waals surface area contributed by atoms with Crippen molar-refractivity contribution in [1.82, 2.24) is 21.3 Å². The van der Waals surface area contributed by atoms with E-state index in [0.717, 1.165) is 44.4 Å². The van der Waals surface area contributed by atoms with Gasteiger partial charge in [0.05, 0.1) is 12.1 Å². The van der Waals surface area contributed by atoms with Crippen molar-refractivity contribution >= 4 is 29.7 Å². The summed E-state index contributed by atoms with van der Waals surface area (Å²) < 4.78 is 0. The molecule has 0 aliphatic carbocycles. The fourth-order valence-electron chi connectivity index (χ4n) is 3.45. The number of fused-ring (bicyclic) bond motifs is 1. The molecular formula is C17H30N4O4S. The summed E-state index contributed by atoms with van der Waals surface area (Å²) in [4.78, 5) is 34.6. The monoisotopic (exact) mass is 386 g/mol. The Bertz CT molecular complexity index is 505. The van der Waals surface area contributed by atoms with Gasteiger partial charge in [0, 0.05) is 17.4 Å². The normalized spacial score (nSPS) is 25.3. The van der Waals surface area contributed by atoms with Crippen LogP contribution in [0.15, 0.2) is 0 Å². The maximum Gasteiger partial charge on any atom is 0.326 e. The van der Waals surface area contributed by atoms with Gasteiger partial charge in [-0.25, -0.2) is 9.59 Å². The summed E-state index contributed by atoms with van der Waals surface area (Å²) in [7, 11) is 1.86. The molecule has 0 radical (unpaired) electrons. The predicted octanol–water partition coefficient (Wildman–Crippen LogP) is 0.671. The van der Waals surface area contributed by atoms with Crippen LogP contribution in [0.5, 0.6) is 0 Å². The third-order valence-electron chi connectivity index (χ3n) is 4.88. The maximum absolute atomic E-state index is 12.0. The van der Waals surface area contributed by atoms with E-state index in [2.05, 4.69) is 21.3 Å². The van der Waals surface area contributed by atoms with Crippen LogP contribution in [0, 0.1) is 0 Å². The summed E-state index contributed by atoms with van der Waals surface area (Å²) in [5, 5.41) is 21.2. The number of carboxylic acids is 1. The molecule has 2 aliphatic heterocycles. The van der Waals surface area contributed by atoms with Crippen LogP contribution in [0.1, 0.15) is 44.9 Å². The largest absolute Gasteiger partial charge is 0.480 e. The highest BCUT2D eigenvalue weighted by Gasteiger charge is 2.42. The number of carbonyl (C=O) groups is 3. The summed E-state index contributed by atoms with van der Waals surface area (Å²) in [5.74, 6) is -0.234. The number of thioether (sulfide) groups is 1. The van der Waals surface area contributed by atoms with Gasteiger partial charge in [0.1, 0.15) is 6.04 Å². The summed E-state index contributed by atoms with van der Waals surface area (Å²) in [5.41, 5.74) is 0. The highest BCUT2D eigenvalue weighted by molar-refractivity contribution is 8.00. The van der Waals surface area contributed by atoms with Crippen molar-refractivity contribution in [3.63, 3.8) is 0 Å². The molecule has 0 spiro atoms. The fourth-order valence-corrected chi connectivity index (χ4v) is 4.99. The van der Waals surface area contributed by atoms with Gasteiger partial charge in [-0.05, 0) is 45.7 Å². The number of amides is 3. The zero-order valence-electron chi connectivity index (χ0n) is 15.3. The number of carboxylic acid groups (broad SMARTS) is 1. The van der Waals surface area contributed by atoms with E-state index >= 15 is 0 Å². The van der Waals surface area contributed by atoms with E-state index in [1.807, 2.05) is 18.8 Å². The van der Waals surface area contributed by atoms with E-state index in [4.69, 9.17) is 0 Å². The fraction of sp³-hybridized carbons (Fsp3) is 0.824. The molecule has 2 heterocycles. The second kappa shape index (κ2) is 10.6. The zero-order valence-corrected chi connectivity index (χ0v) is 16.1. The number of unbranched alkanes of at least 4 members (excludes halogenated alkanes) is 2. The lowest BCUT2D eigenvalue weighted by atomic mass is 10.0. The number of rotatable bonds is 12. The van der Waals surface area contributed by atoms with Gasteiger partial charge in [0.15, 0.2) is 0 Å². The number of hydrogen-bond acceptors (Lipinski definition) is 5. The maximum atomic E-state index is 12.0. The Morgan fingerprint density at radius 3 is 2.81 bits per heavy atom. The molecule has 2 unspecified atom stereocenters. The first kappa shape index (κ1) is 20.8. The number of aliphatic carboxylic acids is 1. The van der Waals surface area contributed by atoms with E-state index in [0.29, 0.717) is 18.1 Å². The molecule has 0 bridgehead atoms. The van der Waals surface area contributed by atoms with E-state index in [9.17, 15) is 19.5 Å². The molecule has 9 heteroatoms. The molecule has 2 fully saturated rings. The van der Waals surface area contributed by atoms with Crippen LogP contribution in [0.2, 0.25) is 0 Å². The molecule has 3 amide bonds. The summed E-state index contributed by atoms with van der Waals surface area (Å²) in [6.07, 6.45) is 5.03. The Morgan fingerprint density at radius 2 is 2.08 bits per heavy atom. The second-order valence-corrected chi connectivity index (χ2v) is 8.20. The molecule has 2 aliphatic rings. The lowest BCUT2D eigenvalue weighted by molar-refractivity contribution is -0.142. The van der Waals surface area contributed by atoms with Crippen molar-refractivity contribution < 1.29 is 19.5 Å². The molecule has 26 heavy (non-hydrogen) atoms. The molecule has 0 aromatic rings. The van der Waals surface area contributed by atoms with Crippen LogP contribution >= 0.6 is 11.8 Å². The highest BCUT2D eigenvalue weighted by Crippen LogP contribution is 2.33. The number of hydrogen-bond donors (Lipinski definition) is 5. The van der Waals surface area contributed by atoms with Crippen LogP contribution in [0.25, 0.3) is 0 Å². The van der Waals surface area contributed by atoms with Gasteiger partial charge in [-0.2, -0.15) is 11.8 Å². The van der Waals surface area contributed by atoms with Crippen LogP contribution < -0.4 is 21.3 Å². The molecule has 5 N–H and O–H groups in total. The molecule has 0 saturated carbocycles.